The van der Waals surface area contributed by atoms with Crippen LogP contribution in [0.3, 0.4) is 0 Å². The van der Waals surface area contributed by atoms with E-state index in [4.69, 9.17) is 5.73 Å². The lowest BCUT2D eigenvalue weighted by Gasteiger charge is -2.21. The number of anilines is 1. The smallest absolute Gasteiger partial charge is 0.243 e. The lowest BCUT2D eigenvalue weighted by atomic mass is 10.1. The molecule has 0 aromatic heterocycles. The SMILES string of the molecule is CCCCC(N)C(=O)N(C)c1ccc(O)cc1. The molecular weight excluding hydrogens is 216 g/mol. The van der Waals surface area contributed by atoms with E-state index in [2.05, 4.69) is 6.92 Å². The zero-order valence-electron chi connectivity index (χ0n) is 10.4. The number of benzene rings is 1. The highest BCUT2D eigenvalue weighted by atomic mass is 16.3. The molecule has 3 N–H and O–H groups in total. The van der Waals surface area contributed by atoms with Crippen molar-refractivity contribution in [2.45, 2.75) is 32.2 Å². The van der Waals surface area contributed by atoms with Crippen molar-refractivity contribution >= 4 is 11.6 Å². The van der Waals surface area contributed by atoms with E-state index in [-0.39, 0.29) is 11.7 Å². The lowest BCUT2D eigenvalue weighted by Crippen LogP contribution is -2.41. The number of likely N-dealkylation sites (N-methyl/N-ethyl adjacent to an activating group) is 1. The van der Waals surface area contributed by atoms with E-state index in [1.165, 1.54) is 4.90 Å². The highest BCUT2D eigenvalue weighted by Crippen LogP contribution is 2.18. The van der Waals surface area contributed by atoms with Gasteiger partial charge in [-0.05, 0) is 30.7 Å². The van der Waals surface area contributed by atoms with Crippen molar-refractivity contribution in [2.75, 3.05) is 11.9 Å². The second-order valence-electron chi connectivity index (χ2n) is 4.16. The Morgan fingerprint density at radius 1 is 1.41 bits per heavy atom. The Balaban J connectivity index is 2.65. The number of phenolic OH excluding ortho intramolecular Hbond substituents is 1. The molecule has 94 valence electrons. The molecule has 4 heteroatoms. The molecule has 0 fully saturated rings. The fourth-order valence-corrected chi connectivity index (χ4v) is 1.60. The molecule has 0 heterocycles. The number of amides is 1. The Hall–Kier alpha value is -1.55. The summed E-state index contributed by atoms with van der Waals surface area (Å²) in [5.41, 5.74) is 6.57. The highest BCUT2D eigenvalue weighted by Gasteiger charge is 2.18. The fourth-order valence-electron chi connectivity index (χ4n) is 1.60. The number of nitrogens with two attached hydrogens (primary N) is 1. The van der Waals surface area contributed by atoms with E-state index in [0.29, 0.717) is 6.42 Å². The predicted octanol–water partition coefficient (Wildman–Crippen LogP) is 1.87. The molecule has 4 nitrogen and oxygen atoms in total. The number of hydrogen-bond donors (Lipinski definition) is 2. The van der Waals surface area contributed by atoms with Crippen molar-refractivity contribution < 1.29 is 9.90 Å². The normalized spacial score (nSPS) is 12.2. The first kappa shape index (κ1) is 13.5. The maximum absolute atomic E-state index is 12.0. The topological polar surface area (TPSA) is 66.6 Å². The summed E-state index contributed by atoms with van der Waals surface area (Å²) in [7, 11) is 1.69. The summed E-state index contributed by atoms with van der Waals surface area (Å²) in [6.45, 7) is 2.07. The molecule has 0 aliphatic rings. The Kier molecular flexibility index (Phi) is 4.97. The zero-order chi connectivity index (χ0) is 12.8. The Labute approximate surface area is 102 Å². The van der Waals surface area contributed by atoms with Crippen molar-refractivity contribution in [3.63, 3.8) is 0 Å². The van der Waals surface area contributed by atoms with Crippen LogP contribution in [0.25, 0.3) is 0 Å². The van der Waals surface area contributed by atoms with Gasteiger partial charge in [-0.15, -0.1) is 0 Å². The first-order valence-electron chi connectivity index (χ1n) is 5.88. The summed E-state index contributed by atoms with van der Waals surface area (Å²) in [5, 5.41) is 9.17. The van der Waals surface area contributed by atoms with Crippen LogP contribution in [0, 0.1) is 0 Å². The van der Waals surface area contributed by atoms with Crippen molar-refractivity contribution in [3.05, 3.63) is 24.3 Å². The van der Waals surface area contributed by atoms with Crippen molar-refractivity contribution in [2.24, 2.45) is 5.73 Å². The highest BCUT2D eigenvalue weighted by molar-refractivity contribution is 5.96. The molecule has 0 saturated carbocycles. The van der Waals surface area contributed by atoms with Crippen LogP contribution in [0.4, 0.5) is 5.69 Å². The van der Waals surface area contributed by atoms with Crippen LogP contribution in [-0.2, 0) is 4.79 Å². The van der Waals surface area contributed by atoms with Gasteiger partial charge in [-0.3, -0.25) is 4.79 Å². The summed E-state index contributed by atoms with van der Waals surface area (Å²) in [6, 6.07) is 6.04. The minimum atomic E-state index is -0.450. The monoisotopic (exact) mass is 236 g/mol. The van der Waals surface area contributed by atoms with Crippen LogP contribution >= 0.6 is 0 Å². The Morgan fingerprint density at radius 3 is 2.53 bits per heavy atom. The molecule has 1 aromatic carbocycles. The molecule has 0 aliphatic carbocycles. The molecule has 0 radical (unpaired) electrons. The fraction of sp³-hybridized carbons (Fsp3) is 0.462. The standard InChI is InChI=1S/C13H20N2O2/c1-3-4-5-12(14)13(17)15(2)10-6-8-11(16)9-7-10/h6-9,12,16H,3-5,14H2,1-2H3. The Morgan fingerprint density at radius 2 is 2.00 bits per heavy atom. The van der Waals surface area contributed by atoms with Crippen LogP contribution in [0.5, 0.6) is 5.75 Å². The molecule has 0 aliphatic heterocycles. The van der Waals surface area contributed by atoms with Gasteiger partial charge in [0.2, 0.25) is 5.91 Å². The summed E-state index contributed by atoms with van der Waals surface area (Å²) >= 11 is 0. The van der Waals surface area contributed by atoms with Crippen LogP contribution in [-0.4, -0.2) is 24.1 Å². The number of rotatable bonds is 5. The van der Waals surface area contributed by atoms with Crippen LogP contribution in [0.1, 0.15) is 26.2 Å². The number of carbonyl (C=O) groups is 1. The quantitative estimate of drug-likeness (QED) is 0.820. The molecule has 1 rings (SSSR count). The summed E-state index contributed by atoms with van der Waals surface area (Å²) in [6.07, 6.45) is 2.69. The van der Waals surface area contributed by atoms with Gasteiger partial charge in [0, 0.05) is 12.7 Å². The largest absolute Gasteiger partial charge is 0.508 e. The van der Waals surface area contributed by atoms with Crippen molar-refractivity contribution in [3.8, 4) is 5.75 Å². The van der Waals surface area contributed by atoms with Gasteiger partial charge in [0.1, 0.15) is 5.75 Å². The van der Waals surface area contributed by atoms with Gasteiger partial charge in [-0.1, -0.05) is 19.8 Å². The Bertz CT molecular complexity index is 362. The van der Waals surface area contributed by atoms with Crippen molar-refractivity contribution in [1.29, 1.82) is 0 Å². The van der Waals surface area contributed by atoms with Gasteiger partial charge in [0.15, 0.2) is 0 Å². The molecule has 1 unspecified atom stereocenters. The number of hydrogen-bond acceptors (Lipinski definition) is 3. The van der Waals surface area contributed by atoms with E-state index in [0.717, 1.165) is 18.5 Å². The van der Waals surface area contributed by atoms with Gasteiger partial charge < -0.3 is 15.7 Å². The van der Waals surface area contributed by atoms with Crippen LogP contribution < -0.4 is 10.6 Å². The molecule has 1 aromatic rings. The minimum Gasteiger partial charge on any atom is -0.508 e. The average Bonchev–Trinajstić information content (AvgIpc) is 2.35. The van der Waals surface area contributed by atoms with E-state index < -0.39 is 6.04 Å². The first-order chi connectivity index (χ1) is 8.06. The second kappa shape index (κ2) is 6.25. The minimum absolute atomic E-state index is 0.0934. The molecule has 1 atom stereocenters. The third kappa shape index (κ3) is 3.75. The van der Waals surface area contributed by atoms with E-state index >= 15 is 0 Å². The number of aromatic hydroxyl groups is 1. The third-order valence-corrected chi connectivity index (χ3v) is 2.75. The summed E-state index contributed by atoms with van der Waals surface area (Å²) in [4.78, 5) is 13.5. The van der Waals surface area contributed by atoms with E-state index in [1.807, 2.05) is 0 Å². The molecule has 17 heavy (non-hydrogen) atoms. The van der Waals surface area contributed by atoms with Gasteiger partial charge in [0.25, 0.3) is 0 Å². The lowest BCUT2D eigenvalue weighted by molar-refractivity contribution is -0.119. The van der Waals surface area contributed by atoms with E-state index in [1.54, 1.807) is 31.3 Å². The number of carbonyl (C=O) groups excluding carboxylic acids is 1. The number of nitrogens with zero attached hydrogens (tertiary/aromatic N) is 1. The molecule has 0 spiro atoms. The summed E-state index contributed by atoms with van der Waals surface area (Å²) < 4.78 is 0. The average molecular weight is 236 g/mol. The molecular formula is C13H20N2O2. The molecule has 1 amide bonds. The zero-order valence-corrected chi connectivity index (χ0v) is 10.4. The predicted molar refractivity (Wildman–Crippen MR) is 69.0 cm³/mol. The van der Waals surface area contributed by atoms with Gasteiger partial charge in [-0.2, -0.15) is 0 Å². The first-order valence-corrected chi connectivity index (χ1v) is 5.88. The van der Waals surface area contributed by atoms with Crippen molar-refractivity contribution in [1.82, 2.24) is 0 Å². The summed E-state index contributed by atoms with van der Waals surface area (Å²) in [5.74, 6) is 0.0917. The van der Waals surface area contributed by atoms with Crippen LogP contribution in [0.15, 0.2) is 24.3 Å². The number of phenols is 1. The van der Waals surface area contributed by atoms with Crippen LogP contribution in [0.2, 0.25) is 0 Å². The van der Waals surface area contributed by atoms with Gasteiger partial charge in [-0.25, -0.2) is 0 Å². The van der Waals surface area contributed by atoms with Gasteiger partial charge >= 0.3 is 0 Å². The number of unbranched alkanes of at least 4 members (excludes halogenated alkanes) is 1. The van der Waals surface area contributed by atoms with Gasteiger partial charge in [0.05, 0.1) is 6.04 Å². The maximum Gasteiger partial charge on any atom is 0.243 e. The molecule has 0 saturated heterocycles. The van der Waals surface area contributed by atoms with E-state index in [9.17, 15) is 9.90 Å². The second-order valence-corrected chi connectivity index (χ2v) is 4.16. The maximum atomic E-state index is 12.0. The third-order valence-electron chi connectivity index (χ3n) is 2.75. The molecule has 0 bridgehead atoms.